The van der Waals surface area contributed by atoms with E-state index in [2.05, 4.69) is 11.6 Å². The van der Waals surface area contributed by atoms with Crippen molar-refractivity contribution in [2.45, 2.75) is 37.6 Å². The summed E-state index contributed by atoms with van der Waals surface area (Å²) in [6.07, 6.45) is 1.78. The highest BCUT2D eigenvalue weighted by Gasteiger charge is 2.30. The first kappa shape index (κ1) is 13.6. The normalized spacial score (nSPS) is 23.7. The number of sulfonamides is 1. The van der Waals surface area contributed by atoms with Crippen LogP contribution in [0, 0.1) is 12.8 Å². The zero-order valence-corrected chi connectivity index (χ0v) is 12.0. The van der Waals surface area contributed by atoms with Crippen molar-refractivity contribution in [1.29, 1.82) is 0 Å². The van der Waals surface area contributed by atoms with Crippen molar-refractivity contribution in [2.75, 3.05) is 5.73 Å². The molecule has 1 saturated carbocycles. The van der Waals surface area contributed by atoms with Crippen LogP contribution in [0.3, 0.4) is 0 Å². The topological polar surface area (TPSA) is 72.2 Å². The van der Waals surface area contributed by atoms with E-state index < -0.39 is 10.0 Å². The first-order valence-electron chi connectivity index (χ1n) is 5.87. The summed E-state index contributed by atoms with van der Waals surface area (Å²) in [5.41, 5.74) is 6.55. The van der Waals surface area contributed by atoms with E-state index in [0.717, 1.165) is 12.8 Å². The number of anilines is 1. The lowest BCUT2D eigenvalue weighted by atomic mass is 9.83. The molecule has 1 fully saturated rings. The Balaban J connectivity index is 2.27. The molecule has 0 atom stereocenters. The van der Waals surface area contributed by atoms with E-state index in [0.29, 0.717) is 16.5 Å². The van der Waals surface area contributed by atoms with Crippen molar-refractivity contribution in [1.82, 2.24) is 4.72 Å². The van der Waals surface area contributed by atoms with Crippen LogP contribution in [-0.4, -0.2) is 14.5 Å². The fourth-order valence-corrected chi connectivity index (χ4v) is 3.98. The predicted octanol–water partition coefficient (Wildman–Crippen LogP) is 2.31. The van der Waals surface area contributed by atoms with Crippen LogP contribution in [0.5, 0.6) is 0 Å². The lowest BCUT2D eigenvalue weighted by molar-refractivity contribution is 0.270. The third-order valence-corrected chi connectivity index (χ3v) is 5.27. The van der Waals surface area contributed by atoms with Gasteiger partial charge in [-0.15, -0.1) is 0 Å². The molecule has 100 valence electrons. The average molecular weight is 289 g/mol. The van der Waals surface area contributed by atoms with E-state index in [1.165, 1.54) is 6.07 Å². The molecule has 0 aliphatic heterocycles. The van der Waals surface area contributed by atoms with Crippen molar-refractivity contribution in [2.24, 2.45) is 5.92 Å². The number of nitrogen functional groups attached to an aromatic ring is 1. The van der Waals surface area contributed by atoms with Gasteiger partial charge >= 0.3 is 0 Å². The molecule has 0 amide bonds. The van der Waals surface area contributed by atoms with Crippen LogP contribution in [0.2, 0.25) is 5.02 Å². The number of hydrogen-bond acceptors (Lipinski definition) is 3. The standard InChI is InChI=1S/C12H17ClN2O2S/c1-7-3-9(4-7)15-18(16,17)12-6-11(14)10(13)5-8(12)2/h5-7,9,15H,3-4,14H2,1-2H3. The number of hydrogen-bond donors (Lipinski definition) is 2. The second kappa shape index (κ2) is 4.72. The Hall–Kier alpha value is -0.780. The Bertz CT molecular complexity index is 566. The van der Waals surface area contributed by atoms with E-state index in [9.17, 15) is 8.42 Å². The van der Waals surface area contributed by atoms with Gasteiger partial charge < -0.3 is 5.73 Å². The maximum atomic E-state index is 12.2. The van der Waals surface area contributed by atoms with Crippen molar-refractivity contribution < 1.29 is 8.42 Å². The molecule has 0 heterocycles. The maximum Gasteiger partial charge on any atom is 0.241 e. The van der Waals surface area contributed by atoms with Gasteiger partial charge in [0.05, 0.1) is 15.6 Å². The van der Waals surface area contributed by atoms with Gasteiger partial charge in [0, 0.05) is 6.04 Å². The first-order chi connectivity index (χ1) is 8.29. The van der Waals surface area contributed by atoms with Gasteiger partial charge in [-0.1, -0.05) is 18.5 Å². The van der Waals surface area contributed by atoms with Gasteiger partial charge in [0.2, 0.25) is 10.0 Å². The third kappa shape index (κ3) is 2.63. The summed E-state index contributed by atoms with van der Waals surface area (Å²) < 4.78 is 27.1. The van der Waals surface area contributed by atoms with Crippen LogP contribution in [0.4, 0.5) is 5.69 Å². The van der Waals surface area contributed by atoms with Crippen LogP contribution < -0.4 is 10.5 Å². The minimum absolute atomic E-state index is 0.0429. The maximum absolute atomic E-state index is 12.2. The second-order valence-corrected chi connectivity index (χ2v) is 7.12. The van der Waals surface area contributed by atoms with E-state index in [1.807, 2.05) is 0 Å². The Labute approximate surface area is 113 Å². The van der Waals surface area contributed by atoms with Gasteiger partial charge in [0.15, 0.2) is 0 Å². The zero-order chi connectivity index (χ0) is 13.5. The van der Waals surface area contributed by atoms with E-state index in [4.69, 9.17) is 17.3 Å². The monoisotopic (exact) mass is 288 g/mol. The van der Waals surface area contributed by atoms with Crippen LogP contribution in [0.1, 0.15) is 25.3 Å². The molecular weight excluding hydrogens is 272 g/mol. The highest BCUT2D eigenvalue weighted by Crippen LogP contribution is 2.30. The molecule has 0 aromatic heterocycles. The first-order valence-corrected chi connectivity index (χ1v) is 7.73. The number of nitrogens with one attached hydrogen (secondary N) is 1. The van der Waals surface area contributed by atoms with Gasteiger partial charge in [-0.25, -0.2) is 13.1 Å². The largest absolute Gasteiger partial charge is 0.397 e. The summed E-state index contributed by atoms with van der Waals surface area (Å²) in [5, 5.41) is 0.378. The Morgan fingerprint density at radius 3 is 2.56 bits per heavy atom. The van der Waals surface area contributed by atoms with Crippen LogP contribution in [0.15, 0.2) is 17.0 Å². The Morgan fingerprint density at radius 2 is 2.00 bits per heavy atom. The number of rotatable bonds is 3. The van der Waals surface area contributed by atoms with Crippen LogP contribution in [-0.2, 0) is 10.0 Å². The lowest BCUT2D eigenvalue weighted by Crippen LogP contribution is -2.43. The highest BCUT2D eigenvalue weighted by atomic mass is 35.5. The van der Waals surface area contributed by atoms with Gasteiger partial charge in [-0.2, -0.15) is 0 Å². The fraction of sp³-hybridized carbons (Fsp3) is 0.500. The van der Waals surface area contributed by atoms with Gasteiger partial charge in [-0.3, -0.25) is 0 Å². The molecule has 1 aromatic carbocycles. The summed E-state index contributed by atoms with van der Waals surface area (Å²) in [7, 11) is -3.50. The predicted molar refractivity (Wildman–Crippen MR) is 73.1 cm³/mol. The fourth-order valence-electron chi connectivity index (χ4n) is 2.24. The minimum atomic E-state index is -3.50. The second-order valence-electron chi connectivity index (χ2n) is 5.03. The molecule has 2 rings (SSSR count). The van der Waals surface area contributed by atoms with Gasteiger partial charge in [0.1, 0.15) is 0 Å². The van der Waals surface area contributed by atoms with Crippen molar-refractivity contribution >= 4 is 27.3 Å². The third-order valence-electron chi connectivity index (χ3n) is 3.28. The van der Waals surface area contributed by atoms with Gasteiger partial charge in [-0.05, 0) is 43.4 Å². The van der Waals surface area contributed by atoms with Crippen molar-refractivity contribution in [3.8, 4) is 0 Å². The molecule has 1 aliphatic rings. The molecule has 3 N–H and O–H groups in total. The Morgan fingerprint density at radius 1 is 1.39 bits per heavy atom. The molecule has 4 nitrogen and oxygen atoms in total. The summed E-state index contributed by atoms with van der Waals surface area (Å²) in [5.74, 6) is 0.592. The number of nitrogens with two attached hydrogens (primary N) is 1. The quantitative estimate of drug-likeness (QED) is 0.838. The number of benzene rings is 1. The summed E-state index contributed by atoms with van der Waals surface area (Å²) in [4.78, 5) is 0.212. The molecule has 18 heavy (non-hydrogen) atoms. The van der Waals surface area contributed by atoms with E-state index in [1.54, 1.807) is 13.0 Å². The SMILES string of the molecule is Cc1cc(Cl)c(N)cc1S(=O)(=O)NC1CC(C)C1. The lowest BCUT2D eigenvalue weighted by Gasteiger charge is -2.33. The zero-order valence-electron chi connectivity index (χ0n) is 10.4. The number of aryl methyl sites for hydroxylation is 1. The molecule has 0 saturated heterocycles. The average Bonchev–Trinajstić information content (AvgIpc) is 2.20. The van der Waals surface area contributed by atoms with E-state index in [-0.39, 0.29) is 16.6 Å². The highest BCUT2D eigenvalue weighted by molar-refractivity contribution is 7.89. The van der Waals surface area contributed by atoms with Crippen molar-refractivity contribution in [3.05, 3.63) is 22.7 Å². The molecule has 0 unspecified atom stereocenters. The number of halogens is 1. The molecule has 0 spiro atoms. The van der Waals surface area contributed by atoms with Crippen LogP contribution >= 0.6 is 11.6 Å². The molecule has 6 heteroatoms. The summed E-state index contributed by atoms with van der Waals surface area (Å²) in [6, 6.07) is 3.04. The smallest absolute Gasteiger partial charge is 0.241 e. The molecule has 1 aliphatic carbocycles. The Kier molecular flexibility index (Phi) is 3.58. The van der Waals surface area contributed by atoms with Gasteiger partial charge in [0.25, 0.3) is 0 Å². The molecule has 1 aromatic rings. The molecule has 0 radical (unpaired) electrons. The minimum Gasteiger partial charge on any atom is -0.397 e. The van der Waals surface area contributed by atoms with Crippen molar-refractivity contribution in [3.63, 3.8) is 0 Å². The van der Waals surface area contributed by atoms with Crippen LogP contribution in [0.25, 0.3) is 0 Å². The van der Waals surface area contributed by atoms with E-state index >= 15 is 0 Å². The summed E-state index contributed by atoms with van der Waals surface area (Å²) in [6.45, 7) is 3.82. The molecule has 0 bridgehead atoms. The summed E-state index contributed by atoms with van der Waals surface area (Å²) >= 11 is 5.86. The molecular formula is C12H17ClN2O2S.